The van der Waals surface area contributed by atoms with Gasteiger partial charge in [-0.15, -0.1) is 0 Å². The number of nitrogens with zero attached hydrogens (tertiary/aromatic N) is 2. The van der Waals surface area contributed by atoms with Gasteiger partial charge in [-0.3, -0.25) is 4.79 Å². The van der Waals surface area contributed by atoms with Crippen molar-refractivity contribution in [2.75, 3.05) is 20.3 Å². The number of hydrogen-bond donors (Lipinski definition) is 0. The van der Waals surface area contributed by atoms with Crippen molar-refractivity contribution in [2.45, 2.75) is 33.2 Å². The molecule has 0 N–H and O–H groups in total. The van der Waals surface area contributed by atoms with Crippen LogP contribution in [0.2, 0.25) is 0 Å². The Morgan fingerprint density at radius 2 is 2.08 bits per heavy atom. The van der Waals surface area contributed by atoms with Gasteiger partial charge in [0.25, 0.3) is 0 Å². The van der Waals surface area contributed by atoms with E-state index in [1.54, 1.807) is 26.2 Å². The molecule has 0 saturated heterocycles. The Hall–Kier alpha value is -1.99. The van der Waals surface area contributed by atoms with Gasteiger partial charge in [-0.25, -0.2) is 4.79 Å². The van der Waals surface area contributed by atoms with Gasteiger partial charge in [0.05, 0.1) is 29.0 Å². The van der Waals surface area contributed by atoms with Crippen molar-refractivity contribution in [3.05, 3.63) is 28.6 Å². The van der Waals surface area contributed by atoms with Gasteiger partial charge in [-0.2, -0.15) is 4.99 Å². The average molecular weight is 350 g/mol. The van der Waals surface area contributed by atoms with E-state index in [0.29, 0.717) is 36.5 Å². The highest BCUT2D eigenvalue weighted by molar-refractivity contribution is 7.16. The molecule has 6 nitrogen and oxygen atoms in total. The second-order valence-corrected chi connectivity index (χ2v) is 6.20. The molecule has 0 atom stereocenters. The van der Waals surface area contributed by atoms with Crippen LogP contribution >= 0.6 is 11.3 Å². The number of carbonyl (C=O) groups excluding carboxylic acids is 2. The van der Waals surface area contributed by atoms with Crippen LogP contribution in [0, 0.1) is 0 Å². The number of ether oxygens (including phenoxy) is 2. The van der Waals surface area contributed by atoms with E-state index in [1.807, 2.05) is 17.6 Å². The molecular weight excluding hydrogens is 328 g/mol. The lowest BCUT2D eigenvalue weighted by atomic mass is 10.2. The lowest BCUT2D eigenvalue weighted by Crippen LogP contribution is -2.19. The maximum Gasteiger partial charge on any atom is 0.338 e. The van der Waals surface area contributed by atoms with Gasteiger partial charge in [0.1, 0.15) is 0 Å². The van der Waals surface area contributed by atoms with Crippen LogP contribution in [0.1, 0.15) is 37.0 Å². The number of carbonyl (C=O) groups is 2. The third-order valence-electron chi connectivity index (χ3n) is 3.40. The number of aromatic nitrogens is 1. The monoisotopic (exact) mass is 350 g/mol. The smallest absolute Gasteiger partial charge is 0.338 e. The molecule has 2 rings (SSSR count). The highest BCUT2D eigenvalue weighted by atomic mass is 32.1. The van der Waals surface area contributed by atoms with Crippen molar-refractivity contribution in [1.82, 2.24) is 4.57 Å². The third-order valence-corrected chi connectivity index (χ3v) is 4.44. The number of esters is 1. The summed E-state index contributed by atoms with van der Waals surface area (Å²) >= 11 is 1.39. The molecule has 1 aromatic heterocycles. The van der Waals surface area contributed by atoms with Crippen molar-refractivity contribution in [2.24, 2.45) is 4.99 Å². The van der Waals surface area contributed by atoms with E-state index in [-0.39, 0.29) is 11.9 Å². The molecule has 0 saturated carbocycles. The van der Waals surface area contributed by atoms with Gasteiger partial charge in [0.15, 0.2) is 4.80 Å². The minimum atomic E-state index is -0.350. The van der Waals surface area contributed by atoms with Crippen LogP contribution in [0.4, 0.5) is 0 Å². The van der Waals surface area contributed by atoms with Crippen LogP contribution in [0.5, 0.6) is 0 Å². The van der Waals surface area contributed by atoms with Crippen molar-refractivity contribution >= 4 is 33.4 Å². The zero-order chi connectivity index (χ0) is 17.5. The first-order valence-electron chi connectivity index (χ1n) is 7.97. The van der Waals surface area contributed by atoms with Gasteiger partial charge >= 0.3 is 5.97 Å². The number of methoxy groups -OCH3 is 1. The largest absolute Gasteiger partial charge is 0.462 e. The number of rotatable bonds is 7. The Kier molecular flexibility index (Phi) is 6.69. The SMILES string of the molecule is CCCC(=O)N=c1sc2cc(C(=O)OCC)ccc2n1CCOC. The fraction of sp³-hybridized carbons (Fsp3) is 0.471. The molecule has 0 spiro atoms. The predicted octanol–water partition coefficient (Wildman–Crippen LogP) is 2.75. The summed E-state index contributed by atoms with van der Waals surface area (Å²) in [5.74, 6) is -0.488. The molecule has 24 heavy (non-hydrogen) atoms. The first kappa shape index (κ1) is 18.4. The van der Waals surface area contributed by atoms with Crippen LogP contribution in [-0.4, -0.2) is 36.8 Å². The van der Waals surface area contributed by atoms with Crippen molar-refractivity contribution in [3.8, 4) is 0 Å². The minimum absolute atomic E-state index is 0.138. The quantitative estimate of drug-likeness (QED) is 0.720. The zero-order valence-electron chi connectivity index (χ0n) is 14.2. The first-order chi connectivity index (χ1) is 11.6. The molecule has 0 unspecified atom stereocenters. The Labute approximate surface area is 144 Å². The van der Waals surface area contributed by atoms with E-state index in [2.05, 4.69) is 4.99 Å². The van der Waals surface area contributed by atoms with Crippen LogP contribution < -0.4 is 4.80 Å². The van der Waals surface area contributed by atoms with Gasteiger partial charge in [0.2, 0.25) is 5.91 Å². The minimum Gasteiger partial charge on any atom is -0.462 e. The lowest BCUT2D eigenvalue weighted by molar-refractivity contribution is -0.118. The fourth-order valence-electron chi connectivity index (χ4n) is 2.28. The molecule has 0 aliphatic heterocycles. The molecule has 1 heterocycles. The van der Waals surface area contributed by atoms with E-state index < -0.39 is 0 Å². The second kappa shape index (κ2) is 8.75. The van der Waals surface area contributed by atoms with Crippen LogP contribution in [0.3, 0.4) is 0 Å². The summed E-state index contributed by atoms with van der Waals surface area (Å²) in [5.41, 5.74) is 1.42. The predicted molar refractivity (Wildman–Crippen MR) is 93.1 cm³/mol. The van der Waals surface area contributed by atoms with E-state index in [9.17, 15) is 9.59 Å². The molecule has 0 aliphatic rings. The molecule has 130 valence electrons. The molecule has 1 aromatic carbocycles. The normalized spacial score (nSPS) is 11.9. The van der Waals surface area contributed by atoms with E-state index in [0.717, 1.165) is 16.6 Å². The highest BCUT2D eigenvalue weighted by Crippen LogP contribution is 2.20. The standard InChI is InChI=1S/C17H22N2O4S/c1-4-6-15(20)18-17-19(9-10-22-3)13-8-7-12(11-14(13)24-17)16(21)23-5-2/h7-8,11H,4-6,9-10H2,1-3H3. The molecule has 0 bridgehead atoms. The maximum atomic E-state index is 11.9. The fourth-order valence-corrected chi connectivity index (χ4v) is 3.39. The summed E-state index contributed by atoms with van der Waals surface area (Å²) < 4.78 is 13.0. The lowest BCUT2D eigenvalue weighted by Gasteiger charge is -2.05. The molecular formula is C17H22N2O4S. The molecule has 0 aliphatic carbocycles. The van der Waals surface area contributed by atoms with E-state index >= 15 is 0 Å². The summed E-state index contributed by atoms with van der Waals surface area (Å²) in [4.78, 5) is 28.6. The van der Waals surface area contributed by atoms with E-state index in [4.69, 9.17) is 9.47 Å². The molecule has 0 radical (unpaired) electrons. The van der Waals surface area contributed by atoms with Crippen molar-refractivity contribution < 1.29 is 19.1 Å². The highest BCUT2D eigenvalue weighted by Gasteiger charge is 2.12. The van der Waals surface area contributed by atoms with Gasteiger partial charge in [0, 0.05) is 20.1 Å². The second-order valence-electron chi connectivity index (χ2n) is 5.19. The number of amides is 1. The van der Waals surface area contributed by atoms with Gasteiger partial charge in [-0.05, 0) is 31.5 Å². The Bertz CT molecular complexity index is 791. The van der Waals surface area contributed by atoms with Gasteiger partial charge in [-0.1, -0.05) is 18.3 Å². The number of benzene rings is 1. The van der Waals surface area contributed by atoms with Crippen LogP contribution in [-0.2, 0) is 20.8 Å². The maximum absolute atomic E-state index is 11.9. The average Bonchev–Trinajstić information content (AvgIpc) is 2.89. The Morgan fingerprint density at radius 1 is 1.29 bits per heavy atom. The molecule has 2 aromatic rings. The molecule has 0 fully saturated rings. The van der Waals surface area contributed by atoms with Crippen molar-refractivity contribution in [1.29, 1.82) is 0 Å². The number of fused-ring (bicyclic) bond motifs is 1. The van der Waals surface area contributed by atoms with Crippen LogP contribution in [0.25, 0.3) is 10.2 Å². The summed E-state index contributed by atoms with van der Waals surface area (Å²) in [5, 5.41) is 0. The van der Waals surface area contributed by atoms with Crippen LogP contribution in [0.15, 0.2) is 23.2 Å². The molecule has 7 heteroatoms. The zero-order valence-corrected chi connectivity index (χ0v) is 15.0. The topological polar surface area (TPSA) is 69.9 Å². The van der Waals surface area contributed by atoms with E-state index in [1.165, 1.54) is 11.3 Å². The summed E-state index contributed by atoms with van der Waals surface area (Å²) in [6.45, 7) is 5.16. The summed E-state index contributed by atoms with van der Waals surface area (Å²) in [7, 11) is 1.63. The third kappa shape index (κ3) is 4.30. The summed E-state index contributed by atoms with van der Waals surface area (Å²) in [6.07, 6.45) is 1.19. The van der Waals surface area contributed by atoms with Crippen molar-refractivity contribution in [3.63, 3.8) is 0 Å². The first-order valence-corrected chi connectivity index (χ1v) is 8.79. The number of hydrogen-bond acceptors (Lipinski definition) is 5. The number of thiazole rings is 1. The Morgan fingerprint density at radius 3 is 2.75 bits per heavy atom. The van der Waals surface area contributed by atoms with Gasteiger partial charge < -0.3 is 14.0 Å². The molecule has 1 amide bonds. The summed E-state index contributed by atoms with van der Waals surface area (Å²) in [6, 6.07) is 5.37. The Balaban J connectivity index is 2.51.